The van der Waals surface area contributed by atoms with Gasteiger partial charge in [-0.05, 0) is 48.4 Å². The fourth-order valence-corrected chi connectivity index (χ4v) is 3.45. The standard InChI is InChI=1S/C21H20ClN3O3S/c1-28-18-4-2-3-14(11-18)9-10-23-19(26)12-17-13-29-21(24-17)25-20(27)15-5-7-16(22)8-6-15/h2-8,11,13H,9-10,12H2,1H3,(H,23,26)(H,24,25,27). The summed E-state index contributed by atoms with van der Waals surface area (Å²) in [5.74, 6) is 0.406. The van der Waals surface area contributed by atoms with Crippen molar-refractivity contribution in [3.8, 4) is 5.75 Å². The molecule has 6 nitrogen and oxygen atoms in total. The van der Waals surface area contributed by atoms with Crippen molar-refractivity contribution in [2.45, 2.75) is 12.8 Å². The number of aromatic nitrogens is 1. The number of halogens is 1. The van der Waals surface area contributed by atoms with Crippen LogP contribution in [0.5, 0.6) is 5.75 Å². The average molecular weight is 430 g/mol. The van der Waals surface area contributed by atoms with E-state index in [0.717, 1.165) is 11.3 Å². The molecule has 2 N–H and O–H groups in total. The lowest BCUT2D eigenvalue weighted by Crippen LogP contribution is -2.27. The molecule has 3 rings (SSSR count). The molecular weight excluding hydrogens is 410 g/mol. The minimum atomic E-state index is -0.273. The normalized spacial score (nSPS) is 10.4. The number of hydrogen-bond acceptors (Lipinski definition) is 5. The van der Waals surface area contributed by atoms with Crippen molar-refractivity contribution in [1.29, 1.82) is 0 Å². The fourth-order valence-electron chi connectivity index (χ4n) is 2.62. The predicted molar refractivity (Wildman–Crippen MR) is 115 cm³/mol. The Morgan fingerprint density at radius 1 is 1.17 bits per heavy atom. The van der Waals surface area contributed by atoms with Crippen molar-refractivity contribution >= 4 is 39.9 Å². The molecule has 0 spiro atoms. The Labute approximate surface area is 177 Å². The second kappa shape index (κ2) is 10.0. The van der Waals surface area contributed by atoms with Gasteiger partial charge in [-0.25, -0.2) is 4.98 Å². The molecule has 0 saturated heterocycles. The van der Waals surface area contributed by atoms with Gasteiger partial charge in [-0.2, -0.15) is 0 Å². The molecule has 1 aromatic heterocycles. The van der Waals surface area contributed by atoms with Crippen molar-refractivity contribution in [3.05, 3.63) is 75.8 Å². The molecular formula is C21H20ClN3O3S. The number of rotatable bonds is 8. The summed E-state index contributed by atoms with van der Waals surface area (Å²) in [6, 6.07) is 14.3. The summed E-state index contributed by atoms with van der Waals surface area (Å²) in [6.45, 7) is 0.524. The second-order valence-corrected chi connectivity index (χ2v) is 7.53. The number of nitrogens with zero attached hydrogens (tertiary/aromatic N) is 1. The number of carbonyl (C=O) groups excluding carboxylic acids is 2. The molecule has 8 heteroatoms. The predicted octanol–water partition coefficient (Wildman–Crippen LogP) is 3.96. The first-order valence-corrected chi connectivity index (χ1v) is 10.2. The monoisotopic (exact) mass is 429 g/mol. The number of anilines is 1. The Kier molecular flexibility index (Phi) is 7.21. The number of amides is 2. The van der Waals surface area contributed by atoms with Crippen LogP contribution in [-0.4, -0.2) is 30.5 Å². The highest BCUT2D eigenvalue weighted by Gasteiger charge is 2.11. The lowest BCUT2D eigenvalue weighted by atomic mass is 10.1. The molecule has 150 valence electrons. The second-order valence-electron chi connectivity index (χ2n) is 6.23. The summed E-state index contributed by atoms with van der Waals surface area (Å²) in [4.78, 5) is 28.6. The lowest BCUT2D eigenvalue weighted by Gasteiger charge is -2.06. The topological polar surface area (TPSA) is 80.3 Å². The minimum Gasteiger partial charge on any atom is -0.497 e. The van der Waals surface area contributed by atoms with Gasteiger partial charge in [0.05, 0.1) is 19.2 Å². The van der Waals surface area contributed by atoms with E-state index in [4.69, 9.17) is 16.3 Å². The molecule has 0 aliphatic carbocycles. The van der Waals surface area contributed by atoms with Crippen molar-refractivity contribution < 1.29 is 14.3 Å². The number of ether oxygens (including phenoxy) is 1. The van der Waals surface area contributed by atoms with E-state index in [1.54, 1.807) is 36.8 Å². The molecule has 0 bridgehead atoms. The summed E-state index contributed by atoms with van der Waals surface area (Å²) >= 11 is 7.11. The van der Waals surface area contributed by atoms with E-state index < -0.39 is 0 Å². The van der Waals surface area contributed by atoms with Crippen LogP contribution in [0.2, 0.25) is 5.02 Å². The summed E-state index contributed by atoms with van der Waals surface area (Å²) in [5.41, 5.74) is 2.19. The van der Waals surface area contributed by atoms with Crippen LogP contribution < -0.4 is 15.4 Å². The average Bonchev–Trinajstić information content (AvgIpc) is 3.15. The maximum absolute atomic E-state index is 12.2. The first-order valence-electron chi connectivity index (χ1n) is 8.94. The van der Waals surface area contributed by atoms with Gasteiger partial charge in [-0.15, -0.1) is 11.3 Å². The van der Waals surface area contributed by atoms with E-state index in [1.807, 2.05) is 24.3 Å². The molecule has 0 radical (unpaired) electrons. The number of carbonyl (C=O) groups is 2. The summed E-state index contributed by atoms with van der Waals surface area (Å²) in [6.07, 6.45) is 0.869. The van der Waals surface area contributed by atoms with Gasteiger partial charge in [0.25, 0.3) is 5.91 Å². The van der Waals surface area contributed by atoms with E-state index >= 15 is 0 Å². The van der Waals surface area contributed by atoms with Crippen LogP contribution in [0.1, 0.15) is 21.6 Å². The molecule has 0 aliphatic rings. The van der Waals surface area contributed by atoms with Crippen molar-refractivity contribution in [1.82, 2.24) is 10.3 Å². The van der Waals surface area contributed by atoms with Gasteiger partial charge in [-0.3, -0.25) is 14.9 Å². The highest BCUT2D eigenvalue weighted by Crippen LogP contribution is 2.18. The van der Waals surface area contributed by atoms with Crippen LogP contribution in [0.3, 0.4) is 0 Å². The van der Waals surface area contributed by atoms with Gasteiger partial charge < -0.3 is 10.1 Å². The molecule has 2 aromatic carbocycles. The SMILES string of the molecule is COc1cccc(CCNC(=O)Cc2csc(NC(=O)c3ccc(Cl)cc3)n2)c1. The number of nitrogens with one attached hydrogen (secondary N) is 2. The third kappa shape index (κ3) is 6.30. The molecule has 1 heterocycles. The largest absolute Gasteiger partial charge is 0.497 e. The van der Waals surface area contributed by atoms with Crippen LogP contribution in [0.25, 0.3) is 0 Å². The number of benzene rings is 2. The van der Waals surface area contributed by atoms with Gasteiger partial charge in [0.2, 0.25) is 5.91 Å². The van der Waals surface area contributed by atoms with Gasteiger partial charge in [0, 0.05) is 22.5 Å². The zero-order chi connectivity index (χ0) is 20.6. The van der Waals surface area contributed by atoms with Crippen molar-refractivity contribution in [2.75, 3.05) is 19.0 Å². The van der Waals surface area contributed by atoms with Crippen LogP contribution in [-0.2, 0) is 17.6 Å². The minimum absolute atomic E-state index is 0.117. The highest BCUT2D eigenvalue weighted by atomic mass is 35.5. The lowest BCUT2D eigenvalue weighted by molar-refractivity contribution is -0.120. The molecule has 0 atom stereocenters. The number of methoxy groups -OCH3 is 1. The Morgan fingerprint density at radius 3 is 2.72 bits per heavy atom. The smallest absolute Gasteiger partial charge is 0.257 e. The maximum Gasteiger partial charge on any atom is 0.257 e. The molecule has 0 saturated carbocycles. The van der Waals surface area contributed by atoms with E-state index in [0.29, 0.717) is 34.4 Å². The van der Waals surface area contributed by atoms with Gasteiger partial charge in [-0.1, -0.05) is 23.7 Å². The molecule has 0 aliphatic heterocycles. The Morgan fingerprint density at radius 2 is 1.97 bits per heavy atom. The van der Waals surface area contributed by atoms with E-state index in [1.165, 1.54) is 11.3 Å². The third-order valence-corrected chi connectivity index (χ3v) is 5.15. The van der Waals surface area contributed by atoms with Crippen molar-refractivity contribution in [2.24, 2.45) is 0 Å². The first-order chi connectivity index (χ1) is 14.0. The molecule has 2 amide bonds. The molecule has 3 aromatic rings. The zero-order valence-electron chi connectivity index (χ0n) is 15.8. The van der Waals surface area contributed by atoms with Crippen LogP contribution in [0, 0.1) is 0 Å². The van der Waals surface area contributed by atoms with Crippen LogP contribution >= 0.6 is 22.9 Å². The zero-order valence-corrected chi connectivity index (χ0v) is 17.3. The summed E-state index contributed by atoms with van der Waals surface area (Å²) in [7, 11) is 1.63. The quantitative estimate of drug-likeness (QED) is 0.568. The van der Waals surface area contributed by atoms with Gasteiger partial charge in [0.1, 0.15) is 5.75 Å². The van der Waals surface area contributed by atoms with Gasteiger partial charge >= 0.3 is 0 Å². The van der Waals surface area contributed by atoms with E-state index in [-0.39, 0.29) is 18.2 Å². The van der Waals surface area contributed by atoms with Crippen molar-refractivity contribution in [3.63, 3.8) is 0 Å². The summed E-state index contributed by atoms with van der Waals surface area (Å²) < 4.78 is 5.19. The van der Waals surface area contributed by atoms with E-state index in [2.05, 4.69) is 15.6 Å². The maximum atomic E-state index is 12.2. The Hall–Kier alpha value is -2.90. The number of hydrogen-bond donors (Lipinski definition) is 2. The summed E-state index contributed by atoms with van der Waals surface area (Å²) in [5, 5.41) is 8.39. The molecule has 0 unspecified atom stereocenters. The molecule has 0 fully saturated rings. The fraction of sp³-hybridized carbons (Fsp3) is 0.190. The first kappa shape index (κ1) is 20.8. The Balaban J connectivity index is 1.45. The van der Waals surface area contributed by atoms with Crippen LogP contribution in [0.4, 0.5) is 5.13 Å². The molecule has 29 heavy (non-hydrogen) atoms. The Bertz CT molecular complexity index is 989. The van der Waals surface area contributed by atoms with Crippen LogP contribution in [0.15, 0.2) is 53.9 Å². The van der Waals surface area contributed by atoms with Gasteiger partial charge in [0.15, 0.2) is 5.13 Å². The van der Waals surface area contributed by atoms with E-state index in [9.17, 15) is 9.59 Å². The highest BCUT2D eigenvalue weighted by molar-refractivity contribution is 7.14. The third-order valence-electron chi connectivity index (χ3n) is 4.09. The number of thiazole rings is 1.